The van der Waals surface area contributed by atoms with E-state index in [1.165, 1.54) is 0 Å². The lowest BCUT2D eigenvalue weighted by atomic mass is 10.0. The Labute approximate surface area is 167 Å². The topological polar surface area (TPSA) is 38.3 Å². The molecule has 9 heteroatoms. The Bertz CT molecular complexity index is 916. The Morgan fingerprint density at radius 3 is 2.56 bits per heavy atom. The van der Waals surface area contributed by atoms with Crippen LogP contribution in [0.5, 0.6) is 0 Å². The van der Waals surface area contributed by atoms with Crippen molar-refractivity contribution in [2.24, 2.45) is 0 Å². The maximum Gasteiger partial charge on any atom is 0.450 e. The number of nitrogens with one attached hydrogen (secondary N) is 1. The molecule has 2 aromatic carbocycles. The van der Waals surface area contributed by atoms with Crippen LogP contribution in [0.25, 0.3) is 11.1 Å². The molecule has 0 atom stereocenters. The van der Waals surface area contributed by atoms with Gasteiger partial charge >= 0.3 is 6.18 Å². The molecule has 0 aliphatic carbocycles. The molecule has 1 aliphatic rings. The van der Waals surface area contributed by atoms with E-state index >= 15 is 0 Å². The van der Waals surface area contributed by atoms with Gasteiger partial charge in [-0.05, 0) is 18.2 Å². The summed E-state index contributed by atoms with van der Waals surface area (Å²) in [5.41, 5.74) is 1.48. The number of ether oxygens (including phenoxy) is 1. The van der Waals surface area contributed by atoms with Crippen molar-refractivity contribution in [3.8, 4) is 11.1 Å². The highest BCUT2D eigenvalue weighted by Crippen LogP contribution is 2.39. The number of thioether (sulfide) groups is 1. The third-order valence-corrected chi connectivity index (χ3v) is 5.22. The molecule has 0 radical (unpaired) electrons. The van der Waals surface area contributed by atoms with Gasteiger partial charge in [0, 0.05) is 32.6 Å². The van der Waals surface area contributed by atoms with Crippen LogP contribution in [-0.4, -0.2) is 24.4 Å². The molecule has 0 saturated heterocycles. The fourth-order valence-electron chi connectivity index (χ4n) is 2.51. The fraction of sp³-hybridized carbons (Fsp3) is 0.167. The molecule has 0 aromatic heterocycles. The molecule has 3 rings (SSSR count). The van der Waals surface area contributed by atoms with Crippen LogP contribution in [0.4, 0.5) is 18.9 Å². The molecule has 3 nitrogen and oxygen atoms in total. The highest BCUT2D eigenvalue weighted by Gasteiger charge is 2.42. The second-order valence-corrected chi connectivity index (χ2v) is 7.43. The van der Waals surface area contributed by atoms with E-state index in [1.807, 2.05) is 0 Å². The summed E-state index contributed by atoms with van der Waals surface area (Å²) < 4.78 is 44.1. The molecular weight excluding hydrogens is 422 g/mol. The molecule has 142 valence electrons. The smallest absolute Gasteiger partial charge is 0.450 e. The largest absolute Gasteiger partial charge is 0.487 e. The van der Waals surface area contributed by atoms with Crippen molar-refractivity contribution in [3.05, 3.63) is 63.2 Å². The molecular formula is C18H12Cl2F3NO2S. The van der Waals surface area contributed by atoms with Crippen LogP contribution in [0.2, 0.25) is 10.0 Å². The second kappa shape index (κ2) is 8.04. The first-order valence-corrected chi connectivity index (χ1v) is 9.44. The predicted molar refractivity (Wildman–Crippen MR) is 102 cm³/mol. The number of hydrogen-bond donors (Lipinski definition) is 1. The Balaban J connectivity index is 1.97. The second-order valence-electron chi connectivity index (χ2n) is 5.48. The minimum absolute atomic E-state index is 0.104. The summed E-state index contributed by atoms with van der Waals surface area (Å²) in [4.78, 5) is 12.0. The van der Waals surface area contributed by atoms with E-state index in [0.29, 0.717) is 26.9 Å². The Morgan fingerprint density at radius 2 is 1.85 bits per heavy atom. The van der Waals surface area contributed by atoms with Gasteiger partial charge in [0.05, 0.1) is 6.61 Å². The molecule has 2 aromatic rings. The van der Waals surface area contributed by atoms with E-state index in [1.54, 1.807) is 42.5 Å². The van der Waals surface area contributed by atoms with E-state index in [-0.39, 0.29) is 12.4 Å². The van der Waals surface area contributed by atoms with Crippen molar-refractivity contribution in [3.63, 3.8) is 0 Å². The monoisotopic (exact) mass is 433 g/mol. The summed E-state index contributed by atoms with van der Waals surface area (Å²) in [5, 5.41) is 3.34. The standard InChI is InChI=1S/C18H12Cl2F3NO2S/c19-10-5-6-11(13(20)9-10)12-3-1-2-4-14(12)24-17(25)15-16(18(21,22)23)26-7-8-27-15/h1-6,9H,7-8H2,(H,24,25). The molecule has 1 N–H and O–H groups in total. The number of anilines is 1. The number of carbonyl (C=O) groups is 1. The van der Waals surface area contributed by atoms with Crippen molar-refractivity contribution in [1.29, 1.82) is 0 Å². The van der Waals surface area contributed by atoms with Gasteiger partial charge in [-0.25, -0.2) is 0 Å². The number of carbonyl (C=O) groups excluding carboxylic acids is 1. The first kappa shape index (κ1) is 19.9. The van der Waals surface area contributed by atoms with Crippen molar-refractivity contribution < 1.29 is 22.7 Å². The van der Waals surface area contributed by atoms with Gasteiger partial charge in [-0.3, -0.25) is 4.79 Å². The first-order chi connectivity index (χ1) is 12.8. The van der Waals surface area contributed by atoms with Gasteiger partial charge < -0.3 is 10.1 Å². The zero-order chi connectivity index (χ0) is 19.6. The number of para-hydroxylation sites is 1. The molecule has 0 fully saturated rings. The van der Waals surface area contributed by atoms with Crippen molar-refractivity contribution in [2.45, 2.75) is 6.18 Å². The number of benzene rings is 2. The first-order valence-electron chi connectivity index (χ1n) is 7.70. The number of amides is 1. The Hall–Kier alpha value is -1.83. The van der Waals surface area contributed by atoms with E-state index < -0.39 is 22.7 Å². The lowest BCUT2D eigenvalue weighted by molar-refractivity contribution is -0.133. The summed E-state index contributed by atoms with van der Waals surface area (Å²) >= 11 is 12.9. The van der Waals surface area contributed by atoms with Gasteiger partial charge in [0.15, 0.2) is 0 Å². The van der Waals surface area contributed by atoms with Crippen LogP contribution in [0, 0.1) is 0 Å². The third-order valence-electron chi connectivity index (χ3n) is 3.64. The summed E-state index contributed by atoms with van der Waals surface area (Å²) in [6.45, 7) is -0.104. The van der Waals surface area contributed by atoms with E-state index in [9.17, 15) is 18.0 Å². The molecule has 1 amide bonds. The van der Waals surface area contributed by atoms with Crippen molar-refractivity contribution in [1.82, 2.24) is 0 Å². The van der Waals surface area contributed by atoms with Gasteiger partial charge in [-0.15, -0.1) is 11.8 Å². The highest BCUT2D eigenvalue weighted by atomic mass is 35.5. The minimum Gasteiger partial charge on any atom is -0.487 e. The molecule has 0 saturated carbocycles. The normalized spacial score (nSPS) is 14.7. The summed E-state index contributed by atoms with van der Waals surface area (Å²) in [6, 6.07) is 11.5. The van der Waals surface area contributed by atoms with Gasteiger partial charge in [0.25, 0.3) is 5.91 Å². The predicted octanol–water partition coefficient (Wildman–Crippen LogP) is 6.14. The van der Waals surface area contributed by atoms with Crippen LogP contribution in [0.15, 0.2) is 53.1 Å². The number of hydrogen-bond acceptors (Lipinski definition) is 3. The Morgan fingerprint density at radius 1 is 1.11 bits per heavy atom. The zero-order valence-corrected chi connectivity index (χ0v) is 15.9. The molecule has 1 heterocycles. The molecule has 0 spiro atoms. The summed E-state index contributed by atoms with van der Waals surface area (Å²) in [6.07, 6.45) is -4.74. The average molecular weight is 434 g/mol. The summed E-state index contributed by atoms with van der Waals surface area (Å²) in [5.74, 6) is -1.89. The minimum atomic E-state index is -4.74. The third kappa shape index (κ3) is 4.54. The SMILES string of the molecule is O=C(Nc1ccccc1-c1ccc(Cl)cc1Cl)C1=C(C(F)(F)F)OCCS1. The van der Waals surface area contributed by atoms with Crippen LogP contribution in [0.3, 0.4) is 0 Å². The van der Waals surface area contributed by atoms with Gasteiger partial charge in [0.2, 0.25) is 5.76 Å². The molecule has 27 heavy (non-hydrogen) atoms. The van der Waals surface area contributed by atoms with Crippen LogP contribution in [-0.2, 0) is 9.53 Å². The quantitative estimate of drug-likeness (QED) is 0.631. The number of rotatable bonds is 3. The maximum absolute atomic E-state index is 13.1. The van der Waals surface area contributed by atoms with E-state index in [4.69, 9.17) is 27.9 Å². The lowest BCUT2D eigenvalue weighted by Crippen LogP contribution is -2.26. The van der Waals surface area contributed by atoms with Crippen molar-refractivity contribution in [2.75, 3.05) is 17.7 Å². The van der Waals surface area contributed by atoms with Crippen LogP contribution in [0.1, 0.15) is 0 Å². The fourth-order valence-corrected chi connectivity index (χ4v) is 3.88. The molecule has 1 aliphatic heterocycles. The van der Waals surface area contributed by atoms with Crippen LogP contribution >= 0.6 is 35.0 Å². The average Bonchev–Trinajstić information content (AvgIpc) is 2.62. The van der Waals surface area contributed by atoms with E-state index in [0.717, 1.165) is 11.8 Å². The van der Waals surface area contributed by atoms with E-state index in [2.05, 4.69) is 5.32 Å². The lowest BCUT2D eigenvalue weighted by Gasteiger charge is -2.22. The maximum atomic E-state index is 13.1. The highest BCUT2D eigenvalue weighted by molar-refractivity contribution is 8.04. The van der Waals surface area contributed by atoms with Gasteiger partial charge in [-0.1, -0.05) is 47.5 Å². The van der Waals surface area contributed by atoms with Gasteiger partial charge in [-0.2, -0.15) is 13.2 Å². The zero-order valence-electron chi connectivity index (χ0n) is 13.6. The molecule has 0 unspecified atom stereocenters. The Kier molecular flexibility index (Phi) is 5.93. The number of allylic oxidation sites excluding steroid dienone is 1. The van der Waals surface area contributed by atoms with Crippen molar-refractivity contribution >= 4 is 46.6 Å². The van der Waals surface area contributed by atoms with Crippen LogP contribution < -0.4 is 5.32 Å². The van der Waals surface area contributed by atoms with Gasteiger partial charge in [0.1, 0.15) is 4.91 Å². The molecule has 0 bridgehead atoms. The summed E-state index contributed by atoms with van der Waals surface area (Å²) in [7, 11) is 0. The number of alkyl halides is 3. The number of halogens is 5.